The van der Waals surface area contributed by atoms with E-state index in [1.807, 2.05) is 0 Å². The normalized spacial score (nSPS) is 11.8. The number of nitrogens with one attached hydrogen (secondary N) is 2. The first kappa shape index (κ1) is 24.6. The topological polar surface area (TPSA) is 125 Å². The molecule has 9 heteroatoms. The Bertz CT molecular complexity index is 1500. The Balaban J connectivity index is 1.83. The van der Waals surface area contributed by atoms with Gasteiger partial charge in [-0.25, -0.2) is 4.39 Å². The standard InChI is InChI=1S/C27H25FN2O6/c1-14-10-19(31)26(27(34)29-14)25(24-15(2)30-23(33)12-20(24)32)17-6-9-21(22(11-17)35-3)36-13-16-4-7-18(28)8-5-16/h4-12,25H,13H2,1-3H3,(H2,29,31,34)(H2,30,32,33). The van der Waals surface area contributed by atoms with Crippen molar-refractivity contribution in [2.75, 3.05) is 7.11 Å². The molecule has 2 heterocycles. The van der Waals surface area contributed by atoms with Gasteiger partial charge >= 0.3 is 0 Å². The number of aromatic nitrogens is 2. The van der Waals surface area contributed by atoms with Crippen molar-refractivity contribution in [3.63, 3.8) is 0 Å². The molecule has 1 unspecified atom stereocenters. The lowest BCUT2D eigenvalue weighted by molar-refractivity contribution is 0.284. The molecule has 0 aliphatic heterocycles. The van der Waals surface area contributed by atoms with E-state index in [1.54, 1.807) is 44.2 Å². The third kappa shape index (κ3) is 4.95. The predicted molar refractivity (Wildman–Crippen MR) is 132 cm³/mol. The second-order valence-electron chi connectivity index (χ2n) is 8.40. The first-order valence-corrected chi connectivity index (χ1v) is 11.1. The second kappa shape index (κ2) is 9.99. The molecule has 1 atom stereocenters. The first-order chi connectivity index (χ1) is 17.2. The number of aryl methyl sites for hydroxylation is 2. The molecule has 0 aliphatic carbocycles. The second-order valence-corrected chi connectivity index (χ2v) is 8.40. The molecule has 4 N–H and O–H groups in total. The number of aromatic amines is 2. The van der Waals surface area contributed by atoms with E-state index in [1.165, 1.54) is 25.3 Å². The van der Waals surface area contributed by atoms with Gasteiger partial charge in [0, 0.05) is 28.9 Å². The van der Waals surface area contributed by atoms with Gasteiger partial charge in [-0.05, 0) is 55.3 Å². The molecule has 8 nitrogen and oxygen atoms in total. The molecule has 0 saturated carbocycles. The lowest BCUT2D eigenvalue weighted by Crippen LogP contribution is -2.21. The minimum atomic E-state index is -0.953. The molecule has 4 aromatic rings. The van der Waals surface area contributed by atoms with E-state index >= 15 is 0 Å². The minimum Gasteiger partial charge on any atom is -0.507 e. The number of H-pyrrole nitrogens is 2. The van der Waals surface area contributed by atoms with Gasteiger partial charge in [0.15, 0.2) is 11.5 Å². The summed E-state index contributed by atoms with van der Waals surface area (Å²) in [5, 5.41) is 21.5. The van der Waals surface area contributed by atoms with Crippen LogP contribution in [-0.4, -0.2) is 27.3 Å². The Kier molecular flexibility index (Phi) is 6.82. The van der Waals surface area contributed by atoms with Gasteiger partial charge in [0.1, 0.15) is 23.9 Å². The lowest BCUT2D eigenvalue weighted by atomic mass is 9.83. The Morgan fingerprint density at radius 1 is 0.889 bits per heavy atom. The molecular formula is C27H25FN2O6. The van der Waals surface area contributed by atoms with Gasteiger partial charge in [0.05, 0.1) is 12.7 Å². The Labute approximate surface area is 205 Å². The van der Waals surface area contributed by atoms with Crippen molar-refractivity contribution in [2.45, 2.75) is 26.4 Å². The average molecular weight is 493 g/mol. The summed E-state index contributed by atoms with van der Waals surface area (Å²) in [6.07, 6.45) is 0. The third-order valence-corrected chi connectivity index (χ3v) is 5.85. The summed E-state index contributed by atoms with van der Waals surface area (Å²) in [5.74, 6) is -1.15. The van der Waals surface area contributed by atoms with Crippen LogP contribution in [0.4, 0.5) is 4.39 Å². The van der Waals surface area contributed by atoms with Gasteiger partial charge in [-0.15, -0.1) is 0 Å². The van der Waals surface area contributed by atoms with Crippen molar-refractivity contribution in [3.05, 3.63) is 115 Å². The van der Waals surface area contributed by atoms with Crippen molar-refractivity contribution in [3.8, 4) is 23.0 Å². The smallest absolute Gasteiger partial charge is 0.256 e. The molecule has 0 spiro atoms. The van der Waals surface area contributed by atoms with Crippen LogP contribution in [-0.2, 0) is 6.61 Å². The number of aromatic hydroxyl groups is 2. The quantitative estimate of drug-likeness (QED) is 0.309. The van der Waals surface area contributed by atoms with E-state index in [2.05, 4.69) is 9.97 Å². The molecule has 0 amide bonds. The van der Waals surface area contributed by atoms with E-state index in [9.17, 15) is 24.2 Å². The van der Waals surface area contributed by atoms with Gasteiger partial charge in [0.25, 0.3) is 11.1 Å². The van der Waals surface area contributed by atoms with Crippen LogP contribution in [0, 0.1) is 19.7 Å². The van der Waals surface area contributed by atoms with Crippen molar-refractivity contribution >= 4 is 0 Å². The van der Waals surface area contributed by atoms with E-state index < -0.39 is 17.0 Å². The largest absolute Gasteiger partial charge is 0.507 e. The first-order valence-electron chi connectivity index (χ1n) is 11.1. The lowest BCUT2D eigenvalue weighted by Gasteiger charge is -2.23. The van der Waals surface area contributed by atoms with Crippen LogP contribution >= 0.6 is 0 Å². The summed E-state index contributed by atoms with van der Waals surface area (Å²) >= 11 is 0. The highest BCUT2D eigenvalue weighted by Crippen LogP contribution is 2.42. The van der Waals surface area contributed by atoms with Crippen molar-refractivity contribution < 1.29 is 24.1 Å². The molecule has 4 rings (SSSR count). The third-order valence-electron chi connectivity index (χ3n) is 5.85. The molecule has 186 valence electrons. The molecule has 36 heavy (non-hydrogen) atoms. The monoisotopic (exact) mass is 492 g/mol. The maximum absolute atomic E-state index is 13.2. The molecule has 0 aliphatic rings. The van der Waals surface area contributed by atoms with E-state index in [0.717, 1.165) is 11.6 Å². The highest BCUT2D eigenvalue weighted by molar-refractivity contribution is 5.56. The molecule has 0 fully saturated rings. The number of hydrogen-bond acceptors (Lipinski definition) is 6. The number of methoxy groups -OCH3 is 1. The SMILES string of the molecule is COc1cc(C(c2c(O)cc(=O)[nH]c2C)c2c(O)cc(C)[nH]c2=O)ccc1OCc1ccc(F)cc1. The number of ether oxygens (including phenoxy) is 2. The van der Waals surface area contributed by atoms with E-state index in [0.29, 0.717) is 28.5 Å². The van der Waals surface area contributed by atoms with Gasteiger partial charge in [-0.2, -0.15) is 0 Å². The summed E-state index contributed by atoms with van der Waals surface area (Å²) in [7, 11) is 1.46. The van der Waals surface area contributed by atoms with Crippen LogP contribution in [0.3, 0.4) is 0 Å². The number of halogens is 1. The Hall–Kier alpha value is -4.53. The van der Waals surface area contributed by atoms with Gasteiger partial charge in [0.2, 0.25) is 0 Å². The highest BCUT2D eigenvalue weighted by atomic mass is 19.1. The van der Waals surface area contributed by atoms with Crippen LogP contribution in [0.1, 0.15) is 39.6 Å². The summed E-state index contributed by atoms with van der Waals surface area (Å²) < 4.78 is 24.6. The molecule has 2 aromatic carbocycles. The van der Waals surface area contributed by atoms with Crippen LogP contribution in [0.25, 0.3) is 0 Å². The predicted octanol–water partition coefficient (Wildman–Crippen LogP) is 4.00. The fraction of sp³-hybridized carbons (Fsp3) is 0.185. The molecule has 0 saturated heterocycles. The average Bonchev–Trinajstić information content (AvgIpc) is 2.81. The van der Waals surface area contributed by atoms with Crippen molar-refractivity contribution in [1.29, 1.82) is 0 Å². The number of rotatable bonds is 7. The zero-order valence-electron chi connectivity index (χ0n) is 19.9. The summed E-state index contributed by atoms with van der Waals surface area (Å²) in [4.78, 5) is 30.2. The summed E-state index contributed by atoms with van der Waals surface area (Å²) in [5.41, 5.74) is 1.25. The Morgan fingerprint density at radius 3 is 2.22 bits per heavy atom. The summed E-state index contributed by atoms with van der Waals surface area (Å²) in [6, 6.07) is 13.3. The van der Waals surface area contributed by atoms with Gasteiger partial charge < -0.3 is 29.7 Å². The van der Waals surface area contributed by atoms with Crippen LogP contribution in [0.15, 0.2) is 64.2 Å². The van der Waals surface area contributed by atoms with Crippen LogP contribution in [0.5, 0.6) is 23.0 Å². The van der Waals surface area contributed by atoms with E-state index in [-0.39, 0.29) is 35.1 Å². The fourth-order valence-electron chi connectivity index (χ4n) is 4.21. The minimum absolute atomic E-state index is 0.00641. The molecule has 0 bridgehead atoms. The zero-order valence-corrected chi connectivity index (χ0v) is 19.9. The maximum atomic E-state index is 13.2. The Morgan fingerprint density at radius 2 is 1.58 bits per heavy atom. The highest BCUT2D eigenvalue weighted by Gasteiger charge is 2.29. The van der Waals surface area contributed by atoms with Crippen molar-refractivity contribution in [1.82, 2.24) is 9.97 Å². The van der Waals surface area contributed by atoms with Crippen LogP contribution < -0.4 is 20.6 Å². The summed E-state index contributed by atoms with van der Waals surface area (Å²) in [6.45, 7) is 3.40. The molecule has 0 radical (unpaired) electrons. The number of pyridine rings is 2. The van der Waals surface area contributed by atoms with Gasteiger partial charge in [-0.3, -0.25) is 9.59 Å². The molecule has 2 aromatic heterocycles. The fourth-order valence-corrected chi connectivity index (χ4v) is 4.21. The van der Waals surface area contributed by atoms with Crippen molar-refractivity contribution in [2.24, 2.45) is 0 Å². The van der Waals surface area contributed by atoms with E-state index in [4.69, 9.17) is 9.47 Å². The zero-order chi connectivity index (χ0) is 26.0. The number of hydrogen-bond donors (Lipinski definition) is 4. The van der Waals surface area contributed by atoms with Gasteiger partial charge in [-0.1, -0.05) is 18.2 Å². The number of benzene rings is 2. The maximum Gasteiger partial charge on any atom is 0.256 e. The van der Waals surface area contributed by atoms with Crippen LogP contribution in [0.2, 0.25) is 0 Å². The molecular weight excluding hydrogens is 467 g/mol.